The number of likely N-dealkylation sites (tertiary alicyclic amines) is 1. The third-order valence-electron chi connectivity index (χ3n) is 3.82. The molecule has 1 N–H and O–H groups in total. The van der Waals surface area contributed by atoms with E-state index in [0.29, 0.717) is 23.6 Å². The predicted molar refractivity (Wildman–Crippen MR) is 94.0 cm³/mol. The van der Waals surface area contributed by atoms with E-state index in [1.807, 2.05) is 6.07 Å². The van der Waals surface area contributed by atoms with Gasteiger partial charge in [-0.1, -0.05) is 17.7 Å². The number of nitrogens with zero attached hydrogens (tertiary/aromatic N) is 2. The lowest BCUT2D eigenvalue weighted by atomic mass is 10.1. The molecule has 2 rings (SSSR count). The van der Waals surface area contributed by atoms with Gasteiger partial charge in [-0.25, -0.2) is 4.79 Å². The molecule has 1 aromatic rings. The van der Waals surface area contributed by atoms with Crippen LogP contribution in [0.15, 0.2) is 18.2 Å². The topological polar surface area (TPSA) is 82.4 Å². The molecule has 0 unspecified atom stereocenters. The first-order valence-electron chi connectivity index (χ1n) is 8.17. The summed E-state index contributed by atoms with van der Waals surface area (Å²) < 4.78 is 5.36. The minimum Gasteiger partial charge on any atom is -0.444 e. The summed E-state index contributed by atoms with van der Waals surface area (Å²) in [5.74, 6) is -0.233. The Morgan fingerprint density at radius 3 is 2.76 bits per heavy atom. The van der Waals surface area contributed by atoms with Gasteiger partial charge in [-0.05, 0) is 51.3 Å². The first kappa shape index (κ1) is 19.1. The summed E-state index contributed by atoms with van der Waals surface area (Å²) in [6.07, 6.45) is 0.891. The Balaban J connectivity index is 1.98. The Morgan fingerprint density at radius 2 is 2.16 bits per heavy atom. The molecule has 0 spiro atoms. The molecule has 6 nitrogen and oxygen atoms in total. The highest BCUT2D eigenvalue weighted by atomic mass is 35.5. The Hall–Kier alpha value is -2.26. The molecule has 0 saturated carbocycles. The Kier molecular flexibility index (Phi) is 5.91. The molecule has 134 valence electrons. The quantitative estimate of drug-likeness (QED) is 0.893. The third-order valence-corrected chi connectivity index (χ3v) is 4.17. The second kappa shape index (κ2) is 7.75. The number of benzene rings is 1. The fraction of sp³-hybridized carbons (Fsp3) is 0.500. The molecule has 2 amide bonds. The number of halogens is 1. The molecule has 0 radical (unpaired) electrons. The largest absolute Gasteiger partial charge is 0.444 e. The molecule has 0 bridgehead atoms. The lowest BCUT2D eigenvalue weighted by Crippen LogP contribution is -2.47. The van der Waals surface area contributed by atoms with Crippen molar-refractivity contribution in [1.82, 2.24) is 10.2 Å². The van der Waals surface area contributed by atoms with Crippen molar-refractivity contribution in [3.8, 4) is 6.07 Å². The lowest BCUT2D eigenvalue weighted by Gasteiger charge is -2.28. The van der Waals surface area contributed by atoms with Crippen LogP contribution in [0.5, 0.6) is 0 Å². The number of nitrogens with one attached hydrogen (secondary N) is 1. The van der Waals surface area contributed by atoms with Gasteiger partial charge in [0.25, 0.3) is 0 Å². The minimum absolute atomic E-state index is 0.233. The van der Waals surface area contributed by atoms with Crippen LogP contribution >= 0.6 is 11.6 Å². The van der Waals surface area contributed by atoms with Gasteiger partial charge in [-0.3, -0.25) is 9.69 Å². The number of nitriles is 1. The maximum Gasteiger partial charge on any atom is 0.410 e. The van der Waals surface area contributed by atoms with Crippen molar-refractivity contribution in [2.45, 2.75) is 51.8 Å². The SMILES string of the molecule is CC(C)(C)OC(=O)N1CCC[C@H]1C(=O)NCc1ccc(C#N)cc1Cl. The summed E-state index contributed by atoms with van der Waals surface area (Å²) in [6.45, 7) is 6.13. The van der Waals surface area contributed by atoms with Crippen molar-refractivity contribution < 1.29 is 14.3 Å². The maximum absolute atomic E-state index is 12.5. The van der Waals surface area contributed by atoms with Crippen LogP contribution in [0.25, 0.3) is 0 Å². The second-order valence-electron chi connectivity index (χ2n) is 6.97. The number of rotatable bonds is 3. The zero-order valence-electron chi connectivity index (χ0n) is 14.6. The van der Waals surface area contributed by atoms with Crippen LogP contribution in [0.4, 0.5) is 4.79 Å². The number of hydrogen-bond donors (Lipinski definition) is 1. The predicted octanol–water partition coefficient (Wildman–Crippen LogP) is 3.23. The highest BCUT2D eigenvalue weighted by Gasteiger charge is 2.36. The van der Waals surface area contributed by atoms with Gasteiger partial charge in [-0.15, -0.1) is 0 Å². The van der Waals surface area contributed by atoms with Gasteiger partial charge in [0.2, 0.25) is 5.91 Å². The lowest BCUT2D eigenvalue weighted by molar-refractivity contribution is -0.125. The van der Waals surface area contributed by atoms with Gasteiger partial charge in [0.15, 0.2) is 0 Å². The highest BCUT2D eigenvalue weighted by Crippen LogP contribution is 2.22. The molecule has 1 aromatic carbocycles. The molecule has 7 heteroatoms. The third kappa shape index (κ3) is 5.10. The zero-order chi connectivity index (χ0) is 18.6. The summed E-state index contributed by atoms with van der Waals surface area (Å²) >= 11 is 6.12. The monoisotopic (exact) mass is 363 g/mol. The molecule has 1 heterocycles. The fourth-order valence-electron chi connectivity index (χ4n) is 2.64. The van der Waals surface area contributed by atoms with Crippen molar-refractivity contribution in [2.24, 2.45) is 0 Å². The van der Waals surface area contributed by atoms with E-state index in [1.165, 1.54) is 4.90 Å². The Labute approximate surface area is 152 Å². The molecule has 25 heavy (non-hydrogen) atoms. The van der Waals surface area contributed by atoms with E-state index in [9.17, 15) is 9.59 Å². The molecule has 1 saturated heterocycles. The first-order valence-corrected chi connectivity index (χ1v) is 8.55. The van der Waals surface area contributed by atoms with E-state index in [4.69, 9.17) is 21.6 Å². The van der Waals surface area contributed by atoms with Crippen LogP contribution < -0.4 is 5.32 Å². The summed E-state index contributed by atoms with van der Waals surface area (Å²) in [5, 5.41) is 12.1. The summed E-state index contributed by atoms with van der Waals surface area (Å²) in [6, 6.07) is 6.40. The summed E-state index contributed by atoms with van der Waals surface area (Å²) in [4.78, 5) is 26.2. The number of ether oxygens (including phenoxy) is 1. The molecular weight excluding hydrogens is 342 g/mol. The standard InChI is InChI=1S/C18H22ClN3O3/c1-18(2,3)25-17(24)22-8-4-5-15(22)16(23)21-11-13-7-6-12(10-20)9-14(13)19/h6-7,9,15H,4-5,8,11H2,1-3H3,(H,21,23)/t15-/m0/s1. The van der Waals surface area contributed by atoms with E-state index in [0.717, 1.165) is 12.0 Å². The van der Waals surface area contributed by atoms with E-state index < -0.39 is 17.7 Å². The molecule has 1 fully saturated rings. The van der Waals surface area contributed by atoms with Crippen molar-refractivity contribution >= 4 is 23.6 Å². The van der Waals surface area contributed by atoms with Crippen molar-refractivity contribution in [2.75, 3.05) is 6.54 Å². The Morgan fingerprint density at radius 1 is 1.44 bits per heavy atom. The zero-order valence-corrected chi connectivity index (χ0v) is 15.4. The van der Waals surface area contributed by atoms with Crippen LogP contribution in [-0.2, 0) is 16.1 Å². The van der Waals surface area contributed by atoms with Gasteiger partial charge >= 0.3 is 6.09 Å². The molecule has 1 aliphatic heterocycles. The van der Waals surface area contributed by atoms with Gasteiger partial charge in [0, 0.05) is 18.1 Å². The van der Waals surface area contributed by atoms with Crippen molar-refractivity contribution in [3.63, 3.8) is 0 Å². The van der Waals surface area contributed by atoms with Crippen LogP contribution in [0.2, 0.25) is 5.02 Å². The average Bonchev–Trinajstić information content (AvgIpc) is 3.01. The Bertz CT molecular complexity index is 706. The van der Waals surface area contributed by atoms with Crippen molar-refractivity contribution in [1.29, 1.82) is 5.26 Å². The van der Waals surface area contributed by atoms with E-state index in [2.05, 4.69) is 5.32 Å². The maximum atomic E-state index is 12.5. The van der Waals surface area contributed by atoms with Gasteiger partial charge < -0.3 is 10.1 Å². The molecule has 0 aromatic heterocycles. The van der Waals surface area contributed by atoms with Crippen LogP contribution in [-0.4, -0.2) is 35.1 Å². The van der Waals surface area contributed by atoms with Gasteiger partial charge in [0.05, 0.1) is 11.6 Å². The second-order valence-corrected chi connectivity index (χ2v) is 7.37. The summed E-state index contributed by atoms with van der Waals surface area (Å²) in [7, 11) is 0. The summed E-state index contributed by atoms with van der Waals surface area (Å²) in [5.41, 5.74) is 0.583. The normalized spacial score (nSPS) is 17.1. The van der Waals surface area contributed by atoms with Crippen LogP contribution in [0, 0.1) is 11.3 Å². The molecule has 1 aliphatic rings. The molecular formula is C18H22ClN3O3. The molecule has 0 aliphatic carbocycles. The molecule has 1 atom stereocenters. The van der Waals surface area contributed by atoms with Crippen molar-refractivity contribution in [3.05, 3.63) is 34.3 Å². The first-order chi connectivity index (χ1) is 11.7. The van der Waals surface area contributed by atoms with E-state index in [-0.39, 0.29) is 12.5 Å². The highest BCUT2D eigenvalue weighted by molar-refractivity contribution is 6.31. The average molecular weight is 364 g/mol. The van der Waals surface area contributed by atoms with E-state index in [1.54, 1.807) is 39.0 Å². The number of hydrogen-bond acceptors (Lipinski definition) is 4. The van der Waals surface area contributed by atoms with Crippen LogP contribution in [0.1, 0.15) is 44.7 Å². The van der Waals surface area contributed by atoms with Gasteiger partial charge in [-0.2, -0.15) is 5.26 Å². The minimum atomic E-state index is -0.600. The smallest absolute Gasteiger partial charge is 0.410 e. The fourth-order valence-corrected chi connectivity index (χ4v) is 2.89. The number of carbonyl (C=O) groups excluding carboxylic acids is 2. The van der Waals surface area contributed by atoms with Gasteiger partial charge in [0.1, 0.15) is 11.6 Å². The number of amides is 2. The van der Waals surface area contributed by atoms with Crippen LogP contribution in [0.3, 0.4) is 0 Å². The number of carbonyl (C=O) groups is 2. The van der Waals surface area contributed by atoms with E-state index >= 15 is 0 Å².